The maximum absolute atomic E-state index is 12.8. The molecular weight excluding hydrogens is 344 g/mol. The van der Waals surface area contributed by atoms with Crippen LogP contribution in [-0.4, -0.2) is 25.4 Å². The van der Waals surface area contributed by atoms with Crippen LogP contribution < -0.4 is 5.32 Å². The second kappa shape index (κ2) is 7.11. The van der Waals surface area contributed by atoms with Crippen molar-refractivity contribution in [3.63, 3.8) is 0 Å². The highest BCUT2D eigenvalue weighted by atomic mass is 32.2. The second-order valence-electron chi connectivity index (χ2n) is 6.66. The number of thioether (sulfide) groups is 1. The number of hydrogen-bond donors (Lipinski definition) is 1. The van der Waals surface area contributed by atoms with Gasteiger partial charge >= 0.3 is 0 Å². The summed E-state index contributed by atoms with van der Waals surface area (Å²) < 4.78 is 1.73. The summed E-state index contributed by atoms with van der Waals surface area (Å²) in [5.41, 5.74) is 0.834. The zero-order chi connectivity index (χ0) is 18.0. The number of allylic oxidation sites excluding steroid dienone is 4. The molecule has 1 atom stereocenters. The quantitative estimate of drug-likeness (QED) is 0.834. The van der Waals surface area contributed by atoms with E-state index in [0.29, 0.717) is 0 Å². The number of anilines is 1. The summed E-state index contributed by atoms with van der Waals surface area (Å²) in [4.78, 5) is 12.8. The summed E-state index contributed by atoms with van der Waals surface area (Å²) >= 11 is 1.56. The van der Waals surface area contributed by atoms with E-state index in [4.69, 9.17) is 0 Å². The Morgan fingerprint density at radius 3 is 2.73 bits per heavy atom. The molecule has 0 spiro atoms. The summed E-state index contributed by atoms with van der Waals surface area (Å²) in [6.07, 6.45) is 11.1. The van der Waals surface area contributed by atoms with Gasteiger partial charge in [0.1, 0.15) is 10.6 Å². The average Bonchev–Trinajstić information content (AvgIpc) is 3.36. The van der Waals surface area contributed by atoms with E-state index >= 15 is 0 Å². The lowest BCUT2D eigenvalue weighted by atomic mass is 10.0. The molecule has 1 aromatic carbocycles. The topological polar surface area (TPSA) is 59.8 Å². The molecule has 1 unspecified atom stereocenters. The van der Waals surface area contributed by atoms with E-state index in [1.165, 1.54) is 0 Å². The first-order valence-electron chi connectivity index (χ1n) is 9.04. The van der Waals surface area contributed by atoms with Gasteiger partial charge in [-0.2, -0.15) is 0 Å². The third-order valence-electron chi connectivity index (χ3n) is 4.81. The molecule has 0 bridgehead atoms. The average molecular weight is 366 g/mol. The molecule has 6 heteroatoms. The summed E-state index contributed by atoms with van der Waals surface area (Å²) in [6.45, 7) is 2.90. The van der Waals surface area contributed by atoms with Crippen molar-refractivity contribution in [2.75, 3.05) is 5.32 Å². The molecule has 1 heterocycles. The Bertz CT molecular complexity index is 852. The number of carbonyl (C=O) groups excluding carboxylic acids is 1. The first kappa shape index (κ1) is 17.1. The summed E-state index contributed by atoms with van der Waals surface area (Å²) in [6, 6.07) is 9.61. The van der Waals surface area contributed by atoms with Gasteiger partial charge in [-0.1, -0.05) is 54.3 Å². The molecule has 26 heavy (non-hydrogen) atoms. The van der Waals surface area contributed by atoms with E-state index in [1.807, 2.05) is 30.3 Å². The predicted molar refractivity (Wildman–Crippen MR) is 104 cm³/mol. The van der Waals surface area contributed by atoms with Crippen molar-refractivity contribution in [3.05, 3.63) is 60.5 Å². The van der Waals surface area contributed by atoms with E-state index in [9.17, 15) is 4.79 Å². The Kier molecular flexibility index (Phi) is 4.68. The fourth-order valence-corrected chi connectivity index (χ4v) is 4.36. The molecule has 0 saturated heterocycles. The van der Waals surface area contributed by atoms with Crippen LogP contribution >= 0.6 is 11.8 Å². The van der Waals surface area contributed by atoms with E-state index in [0.717, 1.165) is 42.5 Å². The van der Waals surface area contributed by atoms with Gasteiger partial charge in [-0.3, -0.25) is 4.79 Å². The van der Waals surface area contributed by atoms with Crippen LogP contribution in [0, 0.1) is 0 Å². The molecule has 1 amide bonds. The molecule has 0 radical (unpaired) electrons. The Hall–Kier alpha value is -2.34. The fraction of sp³-hybridized carbons (Fsp3) is 0.350. The van der Waals surface area contributed by atoms with Gasteiger partial charge in [-0.25, -0.2) is 0 Å². The standard InChI is InChI=1S/C20H22N4OS/c1-2-24-17(15-9-5-3-6-10-15)22-23-19(24)26-20(13-14-20)18(25)21-16-11-7-4-8-12-16/h3-9,11-12,15H,2,10,13-14H2,1H3,(H,21,25). The molecule has 2 aliphatic rings. The van der Waals surface area contributed by atoms with Crippen molar-refractivity contribution in [2.24, 2.45) is 0 Å². The Balaban J connectivity index is 1.51. The molecule has 1 N–H and O–H groups in total. The first-order valence-corrected chi connectivity index (χ1v) is 9.85. The number of para-hydroxylation sites is 1. The Morgan fingerprint density at radius 2 is 2.08 bits per heavy atom. The fourth-order valence-electron chi connectivity index (χ4n) is 3.15. The largest absolute Gasteiger partial charge is 0.325 e. The van der Waals surface area contributed by atoms with E-state index in [1.54, 1.807) is 11.8 Å². The zero-order valence-electron chi connectivity index (χ0n) is 14.8. The zero-order valence-corrected chi connectivity index (χ0v) is 15.6. The van der Waals surface area contributed by atoms with E-state index < -0.39 is 4.75 Å². The minimum atomic E-state index is -0.421. The smallest absolute Gasteiger partial charge is 0.241 e. The molecular formula is C20H22N4OS. The Morgan fingerprint density at radius 1 is 1.27 bits per heavy atom. The molecule has 1 aromatic heterocycles. The van der Waals surface area contributed by atoms with Crippen LogP contribution in [0.4, 0.5) is 5.69 Å². The van der Waals surface area contributed by atoms with Crippen LogP contribution in [0.15, 0.2) is 59.8 Å². The van der Waals surface area contributed by atoms with E-state index in [2.05, 4.69) is 51.3 Å². The van der Waals surface area contributed by atoms with Crippen molar-refractivity contribution in [1.82, 2.24) is 14.8 Å². The molecule has 134 valence electrons. The maximum atomic E-state index is 12.8. The number of aromatic nitrogens is 3. The third kappa shape index (κ3) is 3.33. The number of hydrogen-bond acceptors (Lipinski definition) is 4. The predicted octanol–water partition coefficient (Wildman–Crippen LogP) is 4.16. The van der Waals surface area contributed by atoms with Gasteiger partial charge in [0.15, 0.2) is 5.16 Å². The molecule has 2 aromatic rings. The maximum Gasteiger partial charge on any atom is 0.241 e. The van der Waals surface area contributed by atoms with Crippen molar-refractivity contribution < 1.29 is 4.79 Å². The monoisotopic (exact) mass is 366 g/mol. The SMILES string of the molecule is CCn1c(SC2(C(=O)Nc3ccccc3)CC2)nnc1C1C=CC=CC1. The summed E-state index contributed by atoms with van der Waals surface area (Å²) in [5, 5.41) is 12.7. The summed E-state index contributed by atoms with van der Waals surface area (Å²) in [7, 11) is 0. The van der Waals surface area contributed by atoms with Gasteiger partial charge in [0.05, 0.1) is 0 Å². The number of nitrogens with one attached hydrogen (secondary N) is 1. The second-order valence-corrected chi connectivity index (χ2v) is 8.01. The van der Waals surface area contributed by atoms with Crippen LogP contribution in [0.1, 0.15) is 37.9 Å². The molecule has 0 aliphatic heterocycles. The molecule has 1 saturated carbocycles. The van der Waals surface area contributed by atoms with Crippen molar-refractivity contribution in [3.8, 4) is 0 Å². The van der Waals surface area contributed by atoms with Gasteiger partial charge < -0.3 is 9.88 Å². The molecule has 5 nitrogen and oxygen atoms in total. The van der Waals surface area contributed by atoms with Gasteiger partial charge in [-0.05, 0) is 38.3 Å². The van der Waals surface area contributed by atoms with Crippen molar-refractivity contribution in [1.29, 1.82) is 0 Å². The number of nitrogens with zero attached hydrogens (tertiary/aromatic N) is 3. The van der Waals surface area contributed by atoms with Crippen LogP contribution in [0.2, 0.25) is 0 Å². The number of rotatable bonds is 6. The highest BCUT2D eigenvalue weighted by Crippen LogP contribution is 2.52. The third-order valence-corrected chi connectivity index (χ3v) is 6.28. The summed E-state index contributed by atoms with van der Waals surface area (Å²) in [5.74, 6) is 1.30. The molecule has 4 rings (SSSR count). The number of carbonyl (C=O) groups is 1. The van der Waals surface area contributed by atoms with Gasteiger partial charge in [0, 0.05) is 18.2 Å². The first-order chi connectivity index (χ1) is 12.7. The highest BCUT2D eigenvalue weighted by Gasteiger charge is 2.52. The van der Waals surface area contributed by atoms with Gasteiger partial charge in [0.2, 0.25) is 5.91 Å². The molecule has 1 fully saturated rings. The van der Waals surface area contributed by atoms with E-state index in [-0.39, 0.29) is 11.8 Å². The minimum absolute atomic E-state index is 0.0569. The van der Waals surface area contributed by atoms with Crippen molar-refractivity contribution >= 4 is 23.4 Å². The lowest BCUT2D eigenvalue weighted by Gasteiger charge is -2.17. The minimum Gasteiger partial charge on any atom is -0.325 e. The molecule has 2 aliphatic carbocycles. The van der Waals surface area contributed by atoms with Crippen LogP contribution in [-0.2, 0) is 11.3 Å². The number of amides is 1. The highest BCUT2D eigenvalue weighted by molar-refractivity contribution is 8.01. The van der Waals surface area contributed by atoms with Crippen LogP contribution in [0.5, 0.6) is 0 Å². The number of benzene rings is 1. The normalized spacial score (nSPS) is 20.1. The van der Waals surface area contributed by atoms with Crippen LogP contribution in [0.3, 0.4) is 0 Å². The van der Waals surface area contributed by atoms with Crippen molar-refractivity contribution in [2.45, 2.75) is 48.6 Å². The van der Waals surface area contributed by atoms with Gasteiger partial charge in [0.25, 0.3) is 0 Å². The van der Waals surface area contributed by atoms with Gasteiger partial charge in [-0.15, -0.1) is 10.2 Å². The lowest BCUT2D eigenvalue weighted by molar-refractivity contribution is -0.116. The van der Waals surface area contributed by atoms with Crippen LogP contribution in [0.25, 0.3) is 0 Å². The Labute approximate surface area is 157 Å². The lowest BCUT2D eigenvalue weighted by Crippen LogP contribution is -2.27.